The molecule has 0 spiro atoms. The molecule has 7 heteroatoms. The molecule has 0 aromatic carbocycles. The minimum atomic E-state index is -0.672. The zero-order valence-electron chi connectivity index (χ0n) is 12.2. The fourth-order valence-electron chi connectivity index (χ4n) is 1.58. The van der Waals surface area contributed by atoms with Crippen LogP contribution in [0.15, 0.2) is 23.1 Å². The Labute approximate surface area is 122 Å². The highest BCUT2D eigenvalue weighted by atomic mass is 16.5. The Morgan fingerprint density at radius 3 is 2.76 bits per heavy atom. The molecule has 2 N–H and O–H groups in total. The van der Waals surface area contributed by atoms with E-state index in [4.69, 9.17) is 10.5 Å². The molecule has 0 bridgehead atoms. The lowest BCUT2D eigenvalue weighted by Gasteiger charge is -2.15. The highest BCUT2D eigenvalue weighted by molar-refractivity contribution is 5.75. The van der Waals surface area contributed by atoms with Gasteiger partial charge in [-0.2, -0.15) is 0 Å². The van der Waals surface area contributed by atoms with Crippen molar-refractivity contribution < 1.29 is 19.1 Å². The molecule has 116 valence electrons. The van der Waals surface area contributed by atoms with Gasteiger partial charge in [0.1, 0.15) is 19.3 Å². The molecule has 1 aromatic heterocycles. The van der Waals surface area contributed by atoms with Gasteiger partial charge in [-0.3, -0.25) is 14.4 Å². The van der Waals surface area contributed by atoms with E-state index < -0.39 is 12.0 Å². The summed E-state index contributed by atoms with van der Waals surface area (Å²) in [5.41, 5.74) is 6.10. The smallest absolute Gasteiger partial charge is 0.323 e. The molecule has 0 unspecified atom stereocenters. The van der Waals surface area contributed by atoms with Crippen molar-refractivity contribution in [2.45, 2.75) is 33.0 Å². The molecule has 21 heavy (non-hydrogen) atoms. The summed E-state index contributed by atoms with van der Waals surface area (Å²) in [6.07, 6.45) is 1.56. The Morgan fingerprint density at radius 1 is 1.43 bits per heavy atom. The first kappa shape index (κ1) is 16.9. The van der Waals surface area contributed by atoms with Gasteiger partial charge in [0.25, 0.3) is 12.0 Å². The van der Waals surface area contributed by atoms with Gasteiger partial charge in [-0.1, -0.05) is 13.8 Å². The van der Waals surface area contributed by atoms with Gasteiger partial charge < -0.3 is 19.8 Å². The van der Waals surface area contributed by atoms with Gasteiger partial charge in [0.05, 0.1) is 6.54 Å². The van der Waals surface area contributed by atoms with Crippen LogP contribution in [0, 0.1) is 5.92 Å². The zero-order valence-corrected chi connectivity index (χ0v) is 12.2. The maximum atomic E-state index is 11.7. The van der Waals surface area contributed by atoms with Crippen molar-refractivity contribution in [1.29, 1.82) is 0 Å². The normalized spacial score (nSPS) is 12.0. The number of hydrogen-bond donors (Lipinski definition) is 1. The topological polar surface area (TPSA) is 101 Å². The van der Waals surface area contributed by atoms with Crippen LogP contribution in [0.3, 0.4) is 0 Å². The van der Waals surface area contributed by atoms with E-state index in [-0.39, 0.29) is 31.2 Å². The van der Waals surface area contributed by atoms with Gasteiger partial charge >= 0.3 is 5.97 Å². The van der Waals surface area contributed by atoms with E-state index >= 15 is 0 Å². The van der Waals surface area contributed by atoms with Crippen LogP contribution in [0.2, 0.25) is 0 Å². The third kappa shape index (κ3) is 5.39. The maximum absolute atomic E-state index is 11.7. The molecular formula is C14H20N2O5. The minimum Gasteiger partial charge on any atom is -0.463 e. The SMILES string of the molecule is CC(C)[C@@H](N)C(=O)OCCn1cc(COC=O)ccc1=O. The van der Waals surface area contributed by atoms with E-state index in [0.29, 0.717) is 12.0 Å². The number of ether oxygens (including phenoxy) is 2. The lowest BCUT2D eigenvalue weighted by atomic mass is 10.1. The van der Waals surface area contributed by atoms with Crippen molar-refractivity contribution >= 4 is 12.4 Å². The third-order valence-electron chi connectivity index (χ3n) is 2.93. The summed E-state index contributed by atoms with van der Waals surface area (Å²) in [4.78, 5) is 33.4. The minimum absolute atomic E-state index is 0.0101. The first-order valence-corrected chi connectivity index (χ1v) is 6.62. The Hall–Kier alpha value is -2.15. The van der Waals surface area contributed by atoms with Crippen LogP contribution in [0.4, 0.5) is 0 Å². The molecule has 0 aliphatic heterocycles. The number of pyridine rings is 1. The summed E-state index contributed by atoms with van der Waals surface area (Å²) in [6.45, 7) is 4.34. The summed E-state index contributed by atoms with van der Waals surface area (Å²) in [5, 5.41) is 0. The fourth-order valence-corrected chi connectivity index (χ4v) is 1.58. The van der Waals surface area contributed by atoms with Crippen LogP contribution < -0.4 is 11.3 Å². The predicted octanol–water partition coefficient (Wildman–Crippen LogP) is 0.0478. The molecule has 7 nitrogen and oxygen atoms in total. The van der Waals surface area contributed by atoms with Gasteiger partial charge in [-0.15, -0.1) is 0 Å². The molecule has 0 saturated carbocycles. The van der Waals surface area contributed by atoms with Gasteiger partial charge in [-0.05, 0) is 12.0 Å². The summed E-state index contributed by atoms with van der Waals surface area (Å²) in [6, 6.07) is 2.27. The molecule has 1 rings (SSSR count). The molecule has 1 aromatic rings. The Kier molecular flexibility index (Phi) is 6.61. The summed E-state index contributed by atoms with van der Waals surface area (Å²) < 4.78 is 11.0. The number of esters is 1. The number of hydrogen-bond acceptors (Lipinski definition) is 6. The van der Waals surface area contributed by atoms with E-state index in [2.05, 4.69) is 4.74 Å². The number of nitrogens with two attached hydrogens (primary N) is 1. The Bertz CT molecular complexity index is 538. The quantitative estimate of drug-likeness (QED) is 0.537. The van der Waals surface area contributed by atoms with Crippen LogP contribution in [-0.4, -0.2) is 29.7 Å². The van der Waals surface area contributed by atoms with Gasteiger partial charge in [-0.25, -0.2) is 0 Å². The number of aromatic nitrogens is 1. The Morgan fingerprint density at radius 2 is 2.14 bits per heavy atom. The molecule has 0 fully saturated rings. The number of nitrogens with zero attached hydrogens (tertiary/aromatic N) is 1. The Balaban J connectivity index is 2.56. The predicted molar refractivity (Wildman–Crippen MR) is 75.3 cm³/mol. The van der Waals surface area contributed by atoms with Crippen molar-refractivity contribution in [2.75, 3.05) is 6.61 Å². The molecule has 1 heterocycles. The maximum Gasteiger partial charge on any atom is 0.323 e. The highest BCUT2D eigenvalue weighted by Crippen LogP contribution is 2.01. The average molecular weight is 296 g/mol. The molecule has 0 aliphatic rings. The number of carbonyl (C=O) groups excluding carboxylic acids is 2. The van der Waals surface area contributed by atoms with Gasteiger partial charge in [0.15, 0.2) is 0 Å². The molecule has 0 amide bonds. The molecule has 1 atom stereocenters. The standard InChI is InChI=1S/C14H20N2O5/c1-10(2)13(15)14(19)21-6-5-16-7-11(8-20-9-17)3-4-12(16)18/h3-4,7,9-10,13H,5-6,8,15H2,1-2H3/t13-/m1/s1. The van der Waals surface area contributed by atoms with Crippen LogP contribution in [-0.2, 0) is 32.2 Å². The monoisotopic (exact) mass is 296 g/mol. The van der Waals surface area contributed by atoms with Crippen molar-refractivity contribution in [3.8, 4) is 0 Å². The van der Waals surface area contributed by atoms with E-state index in [1.54, 1.807) is 12.3 Å². The zero-order chi connectivity index (χ0) is 15.8. The summed E-state index contributed by atoms with van der Waals surface area (Å²) in [7, 11) is 0. The average Bonchev–Trinajstić information content (AvgIpc) is 2.46. The van der Waals surface area contributed by atoms with Crippen LogP contribution in [0.25, 0.3) is 0 Å². The van der Waals surface area contributed by atoms with Crippen molar-refractivity contribution in [1.82, 2.24) is 4.57 Å². The molecular weight excluding hydrogens is 276 g/mol. The van der Waals surface area contributed by atoms with Crippen molar-refractivity contribution in [3.05, 3.63) is 34.2 Å². The second-order valence-corrected chi connectivity index (χ2v) is 4.91. The van der Waals surface area contributed by atoms with Gasteiger partial charge in [0, 0.05) is 17.8 Å². The van der Waals surface area contributed by atoms with E-state index in [1.165, 1.54) is 10.6 Å². The van der Waals surface area contributed by atoms with E-state index in [9.17, 15) is 14.4 Å². The lowest BCUT2D eigenvalue weighted by molar-refractivity contribution is -0.146. The largest absolute Gasteiger partial charge is 0.463 e. The van der Waals surface area contributed by atoms with Crippen molar-refractivity contribution in [3.63, 3.8) is 0 Å². The second kappa shape index (κ2) is 8.21. The first-order chi connectivity index (χ1) is 9.95. The number of rotatable bonds is 8. The second-order valence-electron chi connectivity index (χ2n) is 4.91. The first-order valence-electron chi connectivity index (χ1n) is 6.62. The van der Waals surface area contributed by atoms with E-state index in [0.717, 1.165) is 0 Å². The fraction of sp³-hybridized carbons (Fsp3) is 0.500. The molecule has 0 aliphatic carbocycles. The van der Waals surface area contributed by atoms with Crippen molar-refractivity contribution in [2.24, 2.45) is 11.7 Å². The summed E-state index contributed by atoms with van der Waals surface area (Å²) >= 11 is 0. The third-order valence-corrected chi connectivity index (χ3v) is 2.93. The number of carbonyl (C=O) groups is 2. The van der Waals surface area contributed by atoms with Crippen LogP contribution in [0.5, 0.6) is 0 Å². The van der Waals surface area contributed by atoms with Crippen LogP contribution >= 0.6 is 0 Å². The van der Waals surface area contributed by atoms with Gasteiger partial charge in [0.2, 0.25) is 0 Å². The summed E-state index contributed by atoms with van der Waals surface area (Å²) in [5.74, 6) is -0.498. The highest BCUT2D eigenvalue weighted by Gasteiger charge is 2.18. The van der Waals surface area contributed by atoms with E-state index in [1.807, 2.05) is 13.8 Å². The van der Waals surface area contributed by atoms with Crippen LogP contribution in [0.1, 0.15) is 19.4 Å². The molecule has 0 saturated heterocycles. The lowest BCUT2D eigenvalue weighted by Crippen LogP contribution is -2.37. The molecule has 0 radical (unpaired) electrons.